The minimum atomic E-state index is -0.605. The zero-order valence-corrected chi connectivity index (χ0v) is 12.6. The molecule has 0 aliphatic rings. The Morgan fingerprint density at radius 3 is 2.60 bits per heavy atom. The number of nitrogens with one attached hydrogen (secondary N) is 1. The molecule has 0 radical (unpaired) electrons. The summed E-state index contributed by atoms with van der Waals surface area (Å²) in [5.74, 6) is 0.374. The molecule has 1 amide bonds. The number of amides is 1. The fourth-order valence-corrected chi connectivity index (χ4v) is 1.69. The number of hydrogen-bond donors (Lipinski definition) is 3. The summed E-state index contributed by atoms with van der Waals surface area (Å²) in [6, 6.07) is 4.55. The van der Waals surface area contributed by atoms with Gasteiger partial charge in [-0.3, -0.25) is 4.79 Å². The molecule has 1 atom stereocenters. The van der Waals surface area contributed by atoms with E-state index in [0.717, 1.165) is 0 Å². The highest BCUT2D eigenvalue weighted by Gasteiger charge is 2.27. The van der Waals surface area contributed by atoms with Crippen LogP contribution >= 0.6 is 0 Å². The zero-order valence-electron chi connectivity index (χ0n) is 12.6. The quantitative estimate of drug-likeness (QED) is 0.769. The van der Waals surface area contributed by atoms with Crippen molar-refractivity contribution in [3.8, 4) is 5.75 Å². The first kappa shape index (κ1) is 16.5. The number of hydrogen-bond acceptors (Lipinski definition) is 4. The van der Waals surface area contributed by atoms with E-state index < -0.39 is 6.04 Å². The molecule has 0 heterocycles. The van der Waals surface area contributed by atoms with Gasteiger partial charge in [-0.1, -0.05) is 20.8 Å². The first-order chi connectivity index (χ1) is 9.29. The van der Waals surface area contributed by atoms with Crippen LogP contribution in [0.3, 0.4) is 0 Å². The molecule has 0 saturated carbocycles. The van der Waals surface area contributed by atoms with Crippen molar-refractivity contribution in [2.45, 2.75) is 40.3 Å². The van der Waals surface area contributed by atoms with Gasteiger partial charge in [0.15, 0.2) is 0 Å². The number of rotatable bonds is 5. The van der Waals surface area contributed by atoms with Crippen molar-refractivity contribution in [3.05, 3.63) is 23.8 Å². The molecular weight excluding hydrogens is 256 g/mol. The van der Waals surface area contributed by atoms with E-state index in [0.29, 0.717) is 23.6 Å². The Hall–Kier alpha value is -1.59. The Morgan fingerprint density at radius 1 is 1.45 bits per heavy atom. The minimum Gasteiger partial charge on any atom is -0.494 e. The minimum absolute atomic E-state index is 0.148. The lowest BCUT2D eigenvalue weighted by Crippen LogP contribution is -2.45. The van der Waals surface area contributed by atoms with E-state index in [4.69, 9.17) is 10.5 Å². The van der Waals surface area contributed by atoms with Gasteiger partial charge in [0.1, 0.15) is 5.75 Å². The smallest absolute Gasteiger partial charge is 0.241 e. The summed E-state index contributed by atoms with van der Waals surface area (Å²) in [7, 11) is 0. The van der Waals surface area contributed by atoms with Crippen LogP contribution in [0.5, 0.6) is 5.75 Å². The van der Waals surface area contributed by atoms with Gasteiger partial charge in [-0.05, 0) is 30.5 Å². The monoisotopic (exact) mass is 280 g/mol. The van der Waals surface area contributed by atoms with E-state index in [1.54, 1.807) is 18.2 Å². The van der Waals surface area contributed by atoms with E-state index in [1.807, 2.05) is 27.7 Å². The Balaban J connectivity index is 2.86. The van der Waals surface area contributed by atoms with E-state index in [2.05, 4.69) is 5.32 Å². The van der Waals surface area contributed by atoms with Crippen LogP contribution in [0, 0.1) is 5.41 Å². The number of carbonyl (C=O) groups excluding carboxylic acids is 1. The molecule has 112 valence electrons. The molecule has 0 fully saturated rings. The van der Waals surface area contributed by atoms with Gasteiger partial charge >= 0.3 is 0 Å². The summed E-state index contributed by atoms with van der Waals surface area (Å²) in [6.45, 7) is 7.98. The molecule has 4 N–H and O–H groups in total. The standard InChI is InChI=1S/C15H24N2O3/c1-5-20-12-7-6-11(8-10(12)9-18)17-14(19)13(16)15(2,3)4/h6-8,13,18H,5,9,16H2,1-4H3,(H,17,19)/t13-/m0/s1. The van der Waals surface area contributed by atoms with E-state index in [9.17, 15) is 9.90 Å². The maximum absolute atomic E-state index is 12.0. The predicted octanol–water partition coefficient (Wildman–Crippen LogP) is 1.89. The molecule has 0 bridgehead atoms. The molecule has 1 rings (SSSR count). The van der Waals surface area contributed by atoms with Crippen molar-refractivity contribution < 1.29 is 14.6 Å². The Bertz CT molecular complexity index is 467. The third-order valence-corrected chi connectivity index (χ3v) is 3.01. The number of aliphatic hydroxyl groups is 1. The van der Waals surface area contributed by atoms with Gasteiger partial charge in [0, 0.05) is 11.3 Å². The lowest BCUT2D eigenvalue weighted by atomic mass is 9.87. The molecule has 0 aliphatic carbocycles. The maximum Gasteiger partial charge on any atom is 0.241 e. The Kier molecular flexibility index (Phi) is 5.53. The predicted molar refractivity (Wildman–Crippen MR) is 79.6 cm³/mol. The van der Waals surface area contributed by atoms with Crippen molar-refractivity contribution >= 4 is 11.6 Å². The zero-order chi connectivity index (χ0) is 15.3. The topological polar surface area (TPSA) is 84.6 Å². The second-order valence-corrected chi connectivity index (χ2v) is 5.75. The van der Waals surface area contributed by atoms with Crippen molar-refractivity contribution in [2.75, 3.05) is 11.9 Å². The van der Waals surface area contributed by atoms with Gasteiger partial charge in [-0.25, -0.2) is 0 Å². The summed E-state index contributed by atoms with van der Waals surface area (Å²) in [5, 5.41) is 12.1. The molecule has 5 heteroatoms. The highest BCUT2D eigenvalue weighted by molar-refractivity contribution is 5.95. The normalized spacial score (nSPS) is 12.9. The van der Waals surface area contributed by atoms with Crippen LogP contribution in [-0.2, 0) is 11.4 Å². The van der Waals surface area contributed by atoms with Crippen molar-refractivity contribution in [3.63, 3.8) is 0 Å². The summed E-state index contributed by atoms with van der Waals surface area (Å²) >= 11 is 0. The second-order valence-electron chi connectivity index (χ2n) is 5.75. The van der Waals surface area contributed by atoms with Crippen LogP contribution in [0.4, 0.5) is 5.69 Å². The summed E-state index contributed by atoms with van der Waals surface area (Å²) in [5.41, 5.74) is 6.83. The molecule has 0 unspecified atom stereocenters. The van der Waals surface area contributed by atoms with Gasteiger partial charge in [0.05, 0.1) is 19.3 Å². The van der Waals surface area contributed by atoms with E-state index in [-0.39, 0.29) is 17.9 Å². The lowest BCUT2D eigenvalue weighted by molar-refractivity contribution is -0.119. The fourth-order valence-electron chi connectivity index (χ4n) is 1.69. The average Bonchev–Trinajstić information content (AvgIpc) is 2.38. The fraction of sp³-hybridized carbons (Fsp3) is 0.533. The SMILES string of the molecule is CCOc1ccc(NC(=O)[C@H](N)C(C)(C)C)cc1CO. The largest absolute Gasteiger partial charge is 0.494 e. The summed E-state index contributed by atoms with van der Waals surface area (Å²) in [4.78, 5) is 12.0. The summed E-state index contributed by atoms with van der Waals surface area (Å²) in [6.07, 6.45) is 0. The highest BCUT2D eigenvalue weighted by Crippen LogP contribution is 2.24. The average molecular weight is 280 g/mol. The van der Waals surface area contributed by atoms with Crippen LogP contribution in [0.2, 0.25) is 0 Å². The third-order valence-electron chi connectivity index (χ3n) is 3.01. The Labute approximate surface area is 120 Å². The third kappa shape index (κ3) is 4.21. The van der Waals surface area contributed by atoms with Gasteiger partial charge in [-0.15, -0.1) is 0 Å². The van der Waals surface area contributed by atoms with E-state index >= 15 is 0 Å². The number of ether oxygens (including phenoxy) is 1. The highest BCUT2D eigenvalue weighted by atomic mass is 16.5. The summed E-state index contributed by atoms with van der Waals surface area (Å²) < 4.78 is 5.39. The number of nitrogens with two attached hydrogens (primary N) is 1. The van der Waals surface area contributed by atoms with Gasteiger partial charge in [0.25, 0.3) is 0 Å². The molecule has 1 aromatic carbocycles. The van der Waals surface area contributed by atoms with E-state index in [1.165, 1.54) is 0 Å². The Morgan fingerprint density at radius 2 is 2.10 bits per heavy atom. The molecule has 20 heavy (non-hydrogen) atoms. The number of aliphatic hydroxyl groups excluding tert-OH is 1. The molecular formula is C15H24N2O3. The lowest BCUT2D eigenvalue weighted by Gasteiger charge is -2.26. The molecule has 0 saturated heterocycles. The molecule has 0 aromatic heterocycles. The van der Waals surface area contributed by atoms with Crippen LogP contribution < -0.4 is 15.8 Å². The molecule has 1 aromatic rings. The van der Waals surface area contributed by atoms with Gasteiger partial charge in [-0.2, -0.15) is 0 Å². The van der Waals surface area contributed by atoms with Crippen LogP contribution in [0.15, 0.2) is 18.2 Å². The molecule has 0 spiro atoms. The first-order valence-corrected chi connectivity index (χ1v) is 6.72. The van der Waals surface area contributed by atoms with Gasteiger partial charge < -0.3 is 20.9 Å². The van der Waals surface area contributed by atoms with Gasteiger partial charge in [0.2, 0.25) is 5.91 Å². The second kappa shape index (κ2) is 6.72. The van der Waals surface area contributed by atoms with Crippen LogP contribution in [-0.4, -0.2) is 23.7 Å². The number of anilines is 1. The maximum atomic E-state index is 12.0. The molecule has 0 aliphatic heterocycles. The van der Waals surface area contributed by atoms with Crippen LogP contribution in [0.1, 0.15) is 33.3 Å². The van der Waals surface area contributed by atoms with Crippen LogP contribution in [0.25, 0.3) is 0 Å². The number of benzene rings is 1. The van der Waals surface area contributed by atoms with Crippen molar-refractivity contribution in [1.82, 2.24) is 0 Å². The van der Waals surface area contributed by atoms with Crippen molar-refractivity contribution in [2.24, 2.45) is 11.1 Å². The first-order valence-electron chi connectivity index (χ1n) is 6.72. The van der Waals surface area contributed by atoms with Crippen molar-refractivity contribution in [1.29, 1.82) is 0 Å². The molecule has 5 nitrogen and oxygen atoms in total. The number of carbonyl (C=O) groups is 1.